The Bertz CT molecular complexity index is 332. The molecule has 0 aliphatic carbocycles. The summed E-state index contributed by atoms with van der Waals surface area (Å²) < 4.78 is 5.12. The summed E-state index contributed by atoms with van der Waals surface area (Å²) in [6.07, 6.45) is 4.31. The number of benzene rings is 1. The van der Waals surface area contributed by atoms with Gasteiger partial charge in [-0.3, -0.25) is 5.01 Å². The van der Waals surface area contributed by atoms with Crippen molar-refractivity contribution in [2.45, 2.75) is 19.4 Å². The van der Waals surface area contributed by atoms with Crippen LogP contribution in [0, 0.1) is 0 Å². The van der Waals surface area contributed by atoms with E-state index in [0.717, 1.165) is 25.3 Å². The minimum atomic E-state index is 0.889. The molecule has 80 valence electrons. The molecule has 0 N–H and O–H groups in total. The van der Waals surface area contributed by atoms with E-state index in [2.05, 4.69) is 22.2 Å². The fraction of sp³-hybridized carbons (Fsp3) is 0.417. The van der Waals surface area contributed by atoms with Crippen LogP contribution in [0.4, 0.5) is 0 Å². The zero-order valence-corrected chi connectivity index (χ0v) is 9.02. The molecule has 1 heterocycles. The maximum atomic E-state index is 5.12. The lowest BCUT2D eigenvalue weighted by molar-refractivity contribution is 0.268. The Morgan fingerprint density at radius 2 is 2.13 bits per heavy atom. The van der Waals surface area contributed by atoms with E-state index < -0.39 is 0 Å². The van der Waals surface area contributed by atoms with Gasteiger partial charge in [0.25, 0.3) is 0 Å². The molecular formula is C12H16N2O. The summed E-state index contributed by atoms with van der Waals surface area (Å²) in [5, 5.41) is 6.45. The van der Waals surface area contributed by atoms with Gasteiger partial charge in [0.05, 0.1) is 13.7 Å². The first-order valence-corrected chi connectivity index (χ1v) is 5.29. The van der Waals surface area contributed by atoms with E-state index in [9.17, 15) is 0 Å². The van der Waals surface area contributed by atoms with Gasteiger partial charge >= 0.3 is 0 Å². The van der Waals surface area contributed by atoms with Gasteiger partial charge in [-0.05, 0) is 30.5 Å². The molecule has 0 fully saturated rings. The maximum absolute atomic E-state index is 5.12. The van der Waals surface area contributed by atoms with Gasteiger partial charge in [0.15, 0.2) is 0 Å². The van der Waals surface area contributed by atoms with Crippen LogP contribution in [-0.2, 0) is 6.54 Å². The topological polar surface area (TPSA) is 24.8 Å². The number of nitrogens with zero attached hydrogens (tertiary/aromatic N) is 2. The molecule has 3 nitrogen and oxygen atoms in total. The van der Waals surface area contributed by atoms with Gasteiger partial charge in [-0.25, -0.2) is 0 Å². The second kappa shape index (κ2) is 4.82. The van der Waals surface area contributed by atoms with Crippen LogP contribution in [0.25, 0.3) is 0 Å². The largest absolute Gasteiger partial charge is 0.497 e. The molecule has 0 bridgehead atoms. The predicted molar refractivity (Wildman–Crippen MR) is 61.1 cm³/mol. The molecule has 0 spiro atoms. The SMILES string of the molecule is COc1ccc(CN2CCCC=N2)cc1. The summed E-state index contributed by atoms with van der Waals surface area (Å²) in [5.74, 6) is 0.904. The van der Waals surface area contributed by atoms with E-state index in [1.165, 1.54) is 12.0 Å². The van der Waals surface area contributed by atoms with Crippen molar-refractivity contribution in [1.82, 2.24) is 5.01 Å². The van der Waals surface area contributed by atoms with Crippen molar-refractivity contribution in [1.29, 1.82) is 0 Å². The maximum Gasteiger partial charge on any atom is 0.118 e. The molecular weight excluding hydrogens is 188 g/mol. The zero-order valence-electron chi connectivity index (χ0n) is 9.02. The summed E-state index contributed by atoms with van der Waals surface area (Å²) in [6.45, 7) is 1.95. The fourth-order valence-corrected chi connectivity index (χ4v) is 1.66. The van der Waals surface area contributed by atoms with Gasteiger partial charge in [0.1, 0.15) is 5.75 Å². The molecule has 15 heavy (non-hydrogen) atoms. The minimum Gasteiger partial charge on any atom is -0.497 e. The first-order chi connectivity index (χ1) is 7.38. The van der Waals surface area contributed by atoms with Crippen molar-refractivity contribution in [3.8, 4) is 5.75 Å². The highest BCUT2D eigenvalue weighted by atomic mass is 16.5. The highest BCUT2D eigenvalue weighted by Crippen LogP contribution is 2.14. The van der Waals surface area contributed by atoms with Gasteiger partial charge in [-0.1, -0.05) is 12.1 Å². The van der Waals surface area contributed by atoms with Crippen LogP contribution in [0.3, 0.4) is 0 Å². The number of ether oxygens (including phenoxy) is 1. The Morgan fingerprint density at radius 3 is 2.73 bits per heavy atom. The molecule has 3 heteroatoms. The molecule has 1 aromatic rings. The van der Waals surface area contributed by atoms with E-state index in [-0.39, 0.29) is 0 Å². The van der Waals surface area contributed by atoms with E-state index >= 15 is 0 Å². The van der Waals surface area contributed by atoms with Crippen molar-refractivity contribution in [2.24, 2.45) is 5.10 Å². The molecule has 0 atom stereocenters. The lowest BCUT2D eigenvalue weighted by Gasteiger charge is -2.21. The highest BCUT2D eigenvalue weighted by Gasteiger charge is 2.05. The van der Waals surface area contributed by atoms with Gasteiger partial charge in [-0.2, -0.15) is 5.10 Å². The third-order valence-corrected chi connectivity index (χ3v) is 2.52. The Balaban J connectivity index is 1.97. The molecule has 0 aromatic heterocycles. The third kappa shape index (κ3) is 2.72. The van der Waals surface area contributed by atoms with Gasteiger partial charge < -0.3 is 4.74 Å². The minimum absolute atomic E-state index is 0.889. The molecule has 0 saturated heterocycles. The molecule has 1 aliphatic rings. The van der Waals surface area contributed by atoms with Crippen LogP contribution < -0.4 is 4.74 Å². The van der Waals surface area contributed by atoms with Gasteiger partial charge in [0.2, 0.25) is 0 Å². The smallest absolute Gasteiger partial charge is 0.118 e. The monoisotopic (exact) mass is 204 g/mol. The van der Waals surface area contributed by atoms with Crippen LogP contribution >= 0.6 is 0 Å². The number of hydrogen-bond acceptors (Lipinski definition) is 3. The van der Waals surface area contributed by atoms with Crippen LogP contribution in [0.15, 0.2) is 29.4 Å². The van der Waals surface area contributed by atoms with Crippen molar-refractivity contribution >= 4 is 6.21 Å². The summed E-state index contributed by atoms with van der Waals surface area (Å²) in [6, 6.07) is 8.15. The molecule has 0 saturated carbocycles. The first-order valence-electron chi connectivity index (χ1n) is 5.29. The third-order valence-electron chi connectivity index (χ3n) is 2.52. The molecule has 2 rings (SSSR count). The number of methoxy groups -OCH3 is 1. The summed E-state index contributed by atoms with van der Waals surface area (Å²) in [7, 11) is 1.68. The average Bonchev–Trinajstić information content (AvgIpc) is 2.31. The van der Waals surface area contributed by atoms with Crippen molar-refractivity contribution < 1.29 is 4.74 Å². The van der Waals surface area contributed by atoms with Crippen molar-refractivity contribution in [3.63, 3.8) is 0 Å². The molecule has 0 radical (unpaired) electrons. The molecule has 1 aliphatic heterocycles. The second-order valence-electron chi connectivity index (χ2n) is 3.68. The van der Waals surface area contributed by atoms with Crippen LogP contribution in [0.5, 0.6) is 5.75 Å². The Morgan fingerprint density at radius 1 is 1.33 bits per heavy atom. The standard InChI is InChI=1S/C12H16N2O/c1-15-12-6-4-11(5-7-12)10-14-9-3-2-8-13-14/h4-8H,2-3,9-10H2,1H3. The van der Waals surface area contributed by atoms with E-state index in [1.54, 1.807) is 7.11 Å². The Hall–Kier alpha value is -1.51. The lowest BCUT2D eigenvalue weighted by Crippen LogP contribution is -2.21. The average molecular weight is 204 g/mol. The summed E-state index contributed by atoms with van der Waals surface area (Å²) in [5.41, 5.74) is 1.27. The lowest BCUT2D eigenvalue weighted by atomic mass is 10.2. The molecule has 0 amide bonds. The highest BCUT2D eigenvalue weighted by molar-refractivity contribution is 5.57. The normalized spacial score (nSPS) is 15.4. The quantitative estimate of drug-likeness (QED) is 0.754. The van der Waals surface area contributed by atoms with Gasteiger partial charge in [-0.15, -0.1) is 0 Å². The molecule has 0 unspecified atom stereocenters. The first kappa shape index (κ1) is 10.0. The van der Waals surface area contributed by atoms with Crippen LogP contribution in [0.2, 0.25) is 0 Å². The summed E-state index contributed by atoms with van der Waals surface area (Å²) in [4.78, 5) is 0. The van der Waals surface area contributed by atoms with E-state index in [0.29, 0.717) is 0 Å². The van der Waals surface area contributed by atoms with Crippen LogP contribution in [0.1, 0.15) is 18.4 Å². The zero-order chi connectivity index (χ0) is 10.5. The number of hydrazone groups is 1. The Kier molecular flexibility index (Phi) is 3.22. The number of hydrogen-bond donors (Lipinski definition) is 0. The fourth-order valence-electron chi connectivity index (χ4n) is 1.66. The van der Waals surface area contributed by atoms with Gasteiger partial charge in [0, 0.05) is 12.8 Å². The van der Waals surface area contributed by atoms with Crippen molar-refractivity contribution in [2.75, 3.05) is 13.7 Å². The predicted octanol–water partition coefficient (Wildman–Crippen LogP) is 2.28. The van der Waals surface area contributed by atoms with Crippen LogP contribution in [-0.4, -0.2) is 24.9 Å². The summed E-state index contributed by atoms with van der Waals surface area (Å²) >= 11 is 0. The number of rotatable bonds is 3. The second-order valence-corrected chi connectivity index (χ2v) is 3.68. The molecule has 1 aromatic carbocycles. The van der Waals surface area contributed by atoms with Crippen molar-refractivity contribution in [3.05, 3.63) is 29.8 Å². The Labute approximate surface area is 90.4 Å². The van der Waals surface area contributed by atoms with E-state index in [4.69, 9.17) is 4.74 Å². The van der Waals surface area contributed by atoms with E-state index in [1.807, 2.05) is 18.3 Å².